The lowest BCUT2D eigenvalue weighted by atomic mass is 10.3. The summed E-state index contributed by atoms with van der Waals surface area (Å²) in [7, 11) is -4.85. The fourth-order valence-corrected chi connectivity index (χ4v) is 2.03. The molecule has 7 heteroatoms. The molecule has 1 aromatic carbocycles. The van der Waals surface area contributed by atoms with E-state index in [1.54, 1.807) is 0 Å². The number of amides is 1. The van der Waals surface area contributed by atoms with Crippen LogP contribution in [0.2, 0.25) is 0 Å². The molecule has 0 bridgehead atoms. The van der Waals surface area contributed by atoms with E-state index in [2.05, 4.69) is 5.32 Å². The zero-order valence-corrected chi connectivity index (χ0v) is 11.4. The van der Waals surface area contributed by atoms with Gasteiger partial charge in [0.15, 0.2) is 0 Å². The third-order valence-corrected chi connectivity index (χ3v) is 3.13. The van der Waals surface area contributed by atoms with Crippen LogP contribution in [-0.4, -0.2) is 27.5 Å². The Morgan fingerprint density at radius 3 is 2.63 bits per heavy atom. The first-order valence-electron chi connectivity index (χ1n) is 5.86. The van der Waals surface area contributed by atoms with Gasteiger partial charge in [-0.1, -0.05) is 19.1 Å². The van der Waals surface area contributed by atoms with Crippen molar-refractivity contribution in [3.63, 3.8) is 0 Å². The first-order valence-corrected chi connectivity index (χ1v) is 7.24. The predicted octanol–water partition coefficient (Wildman–Crippen LogP) is 2.10. The van der Waals surface area contributed by atoms with Gasteiger partial charge in [-0.05, 0) is 18.6 Å². The minimum Gasteiger partial charge on any atom is -0.381 e. The van der Waals surface area contributed by atoms with Crippen LogP contribution < -0.4 is 5.32 Å². The molecular weight excluding hydrogens is 273 g/mol. The van der Waals surface area contributed by atoms with E-state index in [4.69, 9.17) is 4.74 Å². The fraction of sp³-hybridized carbons (Fsp3) is 0.417. The lowest BCUT2D eigenvalue weighted by Crippen LogP contribution is -2.15. The van der Waals surface area contributed by atoms with E-state index in [-0.39, 0.29) is 18.7 Å². The van der Waals surface area contributed by atoms with Crippen LogP contribution in [0.15, 0.2) is 29.2 Å². The number of nitrogens with one attached hydrogen (secondary N) is 1. The monoisotopic (exact) mass is 289 g/mol. The van der Waals surface area contributed by atoms with Gasteiger partial charge in [-0.2, -0.15) is 8.42 Å². The number of halogens is 1. The third-order valence-electron chi connectivity index (χ3n) is 2.25. The first kappa shape index (κ1) is 15.6. The molecule has 0 saturated heterocycles. The molecule has 0 spiro atoms. The van der Waals surface area contributed by atoms with E-state index >= 15 is 0 Å². The van der Waals surface area contributed by atoms with Crippen LogP contribution in [0.1, 0.15) is 19.8 Å². The second kappa shape index (κ2) is 7.20. The van der Waals surface area contributed by atoms with Crippen LogP contribution in [0.25, 0.3) is 0 Å². The van der Waals surface area contributed by atoms with E-state index in [1.165, 1.54) is 18.2 Å². The molecule has 1 rings (SSSR count). The molecule has 1 N–H and O–H groups in total. The van der Waals surface area contributed by atoms with Gasteiger partial charge in [-0.15, -0.1) is 3.89 Å². The summed E-state index contributed by atoms with van der Waals surface area (Å²) in [6, 6.07) is 5.32. The smallest absolute Gasteiger partial charge is 0.334 e. The van der Waals surface area contributed by atoms with E-state index in [1.807, 2.05) is 6.92 Å². The maximum atomic E-state index is 13.0. The fourth-order valence-electron chi connectivity index (χ4n) is 1.41. The van der Waals surface area contributed by atoms with Crippen molar-refractivity contribution >= 4 is 21.8 Å². The number of ether oxygens (including phenoxy) is 1. The van der Waals surface area contributed by atoms with Crippen LogP contribution in [0.4, 0.5) is 9.57 Å². The standard InChI is InChI=1S/C12H16FNO4S/c1-2-8-18-9-7-12(15)14-10-5-3-4-6-11(10)19(13,16)17/h3-6H,2,7-9H2,1H3,(H,14,15). The number of anilines is 1. The van der Waals surface area contributed by atoms with Crippen LogP contribution in [0, 0.1) is 0 Å². The van der Waals surface area contributed by atoms with Gasteiger partial charge in [0.2, 0.25) is 5.91 Å². The molecule has 0 unspecified atom stereocenters. The molecule has 19 heavy (non-hydrogen) atoms. The number of benzene rings is 1. The molecule has 0 aromatic heterocycles. The molecule has 0 radical (unpaired) electrons. The highest BCUT2D eigenvalue weighted by Crippen LogP contribution is 2.22. The Kier molecular flexibility index (Phi) is 5.91. The van der Waals surface area contributed by atoms with E-state index in [9.17, 15) is 17.1 Å². The topological polar surface area (TPSA) is 72.5 Å². The summed E-state index contributed by atoms with van der Waals surface area (Å²) >= 11 is 0. The second-order valence-corrected chi connectivity index (χ2v) is 5.16. The van der Waals surface area contributed by atoms with E-state index in [0.29, 0.717) is 6.61 Å². The van der Waals surface area contributed by atoms with Crippen molar-refractivity contribution in [2.75, 3.05) is 18.5 Å². The molecule has 0 aliphatic heterocycles. The summed E-state index contributed by atoms with van der Waals surface area (Å²) in [5.74, 6) is -0.424. The molecular formula is C12H16FNO4S. The maximum Gasteiger partial charge on any atom is 0.334 e. The van der Waals surface area contributed by atoms with Crippen molar-refractivity contribution in [3.05, 3.63) is 24.3 Å². The molecule has 1 aromatic rings. The zero-order valence-electron chi connectivity index (χ0n) is 10.6. The molecule has 1 amide bonds. The number of hydrogen-bond donors (Lipinski definition) is 1. The number of hydrogen-bond acceptors (Lipinski definition) is 4. The highest BCUT2D eigenvalue weighted by molar-refractivity contribution is 7.86. The van der Waals surface area contributed by atoms with Crippen LogP contribution in [0.5, 0.6) is 0 Å². The molecule has 106 valence electrons. The lowest BCUT2D eigenvalue weighted by molar-refractivity contribution is -0.117. The number of carbonyl (C=O) groups is 1. The van der Waals surface area contributed by atoms with Crippen LogP contribution in [-0.2, 0) is 19.8 Å². The molecule has 0 aliphatic rings. The number of para-hydroxylation sites is 1. The molecule has 0 heterocycles. The van der Waals surface area contributed by atoms with Gasteiger partial charge >= 0.3 is 10.2 Å². The van der Waals surface area contributed by atoms with Crippen LogP contribution >= 0.6 is 0 Å². The van der Waals surface area contributed by atoms with E-state index in [0.717, 1.165) is 12.5 Å². The van der Waals surface area contributed by atoms with Gasteiger partial charge in [0.05, 0.1) is 18.7 Å². The summed E-state index contributed by atoms with van der Waals surface area (Å²) < 4.78 is 39.9. The predicted molar refractivity (Wildman–Crippen MR) is 69.1 cm³/mol. The summed E-state index contributed by atoms with van der Waals surface area (Å²) in [4.78, 5) is 11.0. The molecule has 0 atom stereocenters. The quantitative estimate of drug-likeness (QED) is 0.616. The first-order chi connectivity index (χ1) is 8.95. The van der Waals surface area contributed by atoms with Crippen molar-refractivity contribution in [2.24, 2.45) is 0 Å². The molecule has 0 saturated carbocycles. The van der Waals surface area contributed by atoms with Crippen molar-refractivity contribution in [1.29, 1.82) is 0 Å². The highest BCUT2D eigenvalue weighted by atomic mass is 32.3. The SMILES string of the molecule is CCCOCCC(=O)Nc1ccccc1S(=O)(=O)F. The average molecular weight is 289 g/mol. The number of rotatable bonds is 7. The Bertz CT molecular complexity index is 530. The van der Waals surface area contributed by atoms with Gasteiger partial charge in [0.1, 0.15) is 4.90 Å². The largest absolute Gasteiger partial charge is 0.381 e. The molecule has 0 fully saturated rings. The summed E-state index contributed by atoms with van der Waals surface area (Å²) in [5, 5.41) is 2.36. The second-order valence-electron chi connectivity index (χ2n) is 3.84. The summed E-state index contributed by atoms with van der Waals surface area (Å²) in [6.07, 6.45) is 0.936. The van der Waals surface area contributed by atoms with Crippen molar-refractivity contribution < 1.29 is 21.8 Å². The summed E-state index contributed by atoms with van der Waals surface area (Å²) in [5.41, 5.74) is -0.0644. The van der Waals surface area contributed by atoms with Gasteiger partial charge in [-0.25, -0.2) is 0 Å². The maximum absolute atomic E-state index is 13.0. The van der Waals surface area contributed by atoms with E-state index < -0.39 is 21.0 Å². The Morgan fingerprint density at radius 2 is 2.00 bits per heavy atom. The van der Waals surface area contributed by atoms with Gasteiger partial charge in [-0.3, -0.25) is 4.79 Å². The van der Waals surface area contributed by atoms with Gasteiger partial charge in [0.25, 0.3) is 0 Å². The van der Waals surface area contributed by atoms with Gasteiger partial charge < -0.3 is 10.1 Å². The van der Waals surface area contributed by atoms with Crippen molar-refractivity contribution in [1.82, 2.24) is 0 Å². The van der Waals surface area contributed by atoms with Gasteiger partial charge in [0, 0.05) is 6.61 Å². The number of carbonyl (C=O) groups excluding carboxylic acids is 1. The van der Waals surface area contributed by atoms with Crippen LogP contribution in [0.3, 0.4) is 0 Å². The normalized spacial score (nSPS) is 11.3. The Labute approximate surface area is 112 Å². The Morgan fingerprint density at radius 1 is 1.32 bits per heavy atom. The lowest BCUT2D eigenvalue weighted by Gasteiger charge is -2.08. The molecule has 0 aliphatic carbocycles. The highest BCUT2D eigenvalue weighted by Gasteiger charge is 2.17. The minimum absolute atomic E-state index is 0.0644. The zero-order chi connectivity index (χ0) is 14.3. The average Bonchev–Trinajstić information content (AvgIpc) is 2.34. The Balaban J connectivity index is 2.65. The molecule has 5 nitrogen and oxygen atoms in total. The van der Waals surface area contributed by atoms with Crippen molar-refractivity contribution in [3.8, 4) is 0 Å². The van der Waals surface area contributed by atoms with Crippen molar-refractivity contribution in [2.45, 2.75) is 24.7 Å². The summed E-state index contributed by atoms with van der Waals surface area (Å²) in [6.45, 7) is 2.75. The Hall–Kier alpha value is -1.47. The minimum atomic E-state index is -4.85. The third kappa shape index (κ3) is 5.35.